The van der Waals surface area contributed by atoms with Crippen molar-refractivity contribution in [1.29, 1.82) is 0 Å². The Morgan fingerprint density at radius 3 is 2.39 bits per heavy atom. The molecule has 0 N–H and O–H groups in total. The minimum absolute atomic E-state index is 0.00157. The van der Waals surface area contributed by atoms with Gasteiger partial charge in [0.2, 0.25) is 5.91 Å². The van der Waals surface area contributed by atoms with Crippen LogP contribution < -0.4 is 0 Å². The highest BCUT2D eigenvalue weighted by atomic mass is 16.5. The molecular weight excluding hydrogens is 356 g/mol. The van der Waals surface area contributed by atoms with Crippen molar-refractivity contribution in [1.82, 2.24) is 19.6 Å². The first-order valence-electron chi connectivity index (χ1n) is 10.9. The third-order valence-corrected chi connectivity index (χ3v) is 6.92. The lowest BCUT2D eigenvalue weighted by molar-refractivity contribution is -0.139. The molecule has 3 unspecified atom stereocenters. The summed E-state index contributed by atoms with van der Waals surface area (Å²) in [5.41, 5.74) is -0.179. The van der Waals surface area contributed by atoms with Crippen molar-refractivity contribution in [2.24, 2.45) is 5.92 Å². The van der Waals surface area contributed by atoms with Gasteiger partial charge in [0.15, 0.2) is 0 Å². The summed E-state index contributed by atoms with van der Waals surface area (Å²) in [6, 6.07) is 0.378. The van der Waals surface area contributed by atoms with Crippen molar-refractivity contribution >= 4 is 11.9 Å². The normalized spacial score (nSPS) is 28.8. The van der Waals surface area contributed by atoms with Gasteiger partial charge in [0, 0.05) is 56.9 Å². The standard InChI is InChI=1S/C21H38N4O3/c1-15(2)24-10-9-22(20(24)27)13-16(3)25-8-7-18(19(25)26)21(5,6)23-11-12-28-17(4)14-23/h15-18H,7-14H2,1-6H3. The van der Waals surface area contributed by atoms with Crippen LogP contribution in [0.2, 0.25) is 0 Å². The Bertz CT molecular complexity index is 594. The lowest BCUT2D eigenvalue weighted by atomic mass is 9.84. The zero-order valence-corrected chi connectivity index (χ0v) is 18.5. The Hall–Kier alpha value is -1.34. The number of urea groups is 1. The van der Waals surface area contributed by atoms with E-state index in [0.717, 1.165) is 45.8 Å². The summed E-state index contributed by atoms with van der Waals surface area (Å²) in [4.78, 5) is 34.1. The largest absolute Gasteiger partial charge is 0.376 e. The number of rotatable bonds is 6. The molecule has 3 aliphatic rings. The molecule has 7 nitrogen and oxygen atoms in total. The van der Waals surface area contributed by atoms with Gasteiger partial charge in [-0.3, -0.25) is 9.69 Å². The molecule has 0 bridgehead atoms. The zero-order chi connectivity index (χ0) is 20.6. The Balaban J connectivity index is 1.61. The molecule has 28 heavy (non-hydrogen) atoms. The third-order valence-electron chi connectivity index (χ3n) is 6.92. The van der Waals surface area contributed by atoms with Crippen LogP contribution in [-0.2, 0) is 9.53 Å². The van der Waals surface area contributed by atoms with Crippen molar-refractivity contribution in [2.75, 3.05) is 45.9 Å². The van der Waals surface area contributed by atoms with Crippen LogP contribution in [0.5, 0.6) is 0 Å². The Morgan fingerprint density at radius 2 is 1.79 bits per heavy atom. The predicted octanol–water partition coefficient (Wildman–Crippen LogP) is 1.87. The second kappa shape index (κ2) is 8.19. The van der Waals surface area contributed by atoms with Gasteiger partial charge in [0.1, 0.15) is 0 Å². The topological polar surface area (TPSA) is 56.3 Å². The van der Waals surface area contributed by atoms with E-state index < -0.39 is 0 Å². The van der Waals surface area contributed by atoms with Gasteiger partial charge in [-0.2, -0.15) is 0 Å². The van der Waals surface area contributed by atoms with Gasteiger partial charge in [-0.15, -0.1) is 0 Å². The van der Waals surface area contributed by atoms with E-state index in [1.807, 2.05) is 28.5 Å². The molecule has 0 saturated carbocycles. The maximum absolute atomic E-state index is 13.3. The Morgan fingerprint density at radius 1 is 1.07 bits per heavy atom. The van der Waals surface area contributed by atoms with Crippen molar-refractivity contribution in [3.63, 3.8) is 0 Å². The van der Waals surface area contributed by atoms with E-state index in [1.54, 1.807) is 0 Å². The van der Waals surface area contributed by atoms with Crippen LogP contribution in [0.3, 0.4) is 0 Å². The minimum atomic E-state index is -0.179. The fourth-order valence-corrected chi connectivity index (χ4v) is 5.02. The summed E-state index contributed by atoms with van der Waals surface area (Å²) >= 11 is 0. The smallest absolute Gasteiger partial charge is 0.320 e. The van der Waals surface area contributed by atoms with Crippen LogP contribution in [0.4, 0.5) is 4.79 Å². The molecule has 160 valence electrons. The van der Waals surface area contributed by atoms with Crippen molar-refractivity contribution in [2.45, 2.75) is 71.7 Å². The molecule has 3 amide bonds. The van der Waals surface area contributed by atoms with E-state index in [9.17, 15) is 9.59 Å². The SMILES string of the molecule is CC1CN(C(C)(C)C2CCN(C(C)CN3CCN(C(C)C)C3=O)C2=O)CCO1. The summed E-state index contributed by atoms with van der Waals surface area (Å²) in [5, 5.41) is 0. The molecule has 0 aromatic carbocycles. The molecular formula is C21H38N4O3. The van der Waals surface area contributed by atoms with Crippen LogP contribution in [0, 0.1) is 5.92 Å². The average Bonchev–Trinajstić information content (AvgIpc) is 3.18. The number of ether oxygens (including phenoxy) is 1. The number of carbonyl (C=O) groups is 2. The van der Waals surface area contributed by atoms with Crippen LogP contribution in [0.25, 0.3) is 0 Å². The Kier molecular flexibility index (Phi) is 6.25. The van der Waals surface area contributed by atoms with Gasteiger partial charge in [0.25, 0.3) is 0 Å². The summed E-state index contributed by atoms with van der Waals surface area (Å²) in [6.45, 7) is 18.1. The molecule has 0 spiro atoms. The number of nitrogens with zero attached hydrogens (tertiary/aromatic N) is 4. The summed E-state index contributed by atoms with van der Waals surface area (Å²) < 4.78 is 5.68. The molecule has 0 aliphatic carbocycles. The highest BCUT2D eigenvalue weighted by Gasteiger charge is 2.47. The van der Waals surface area contributed by atoms with E-state index in [0.29, 0.717) is 6.54 Å². The van der Waals surface area contributed by atoms with Crippen LogP contribution in [0.15, 0.2) is 0 Å². The second-order valence-electron chi connectivity index (χ2n) is 9.52. The molecule has 3 fully saturated rings. The number of likely N-dealkylation sites (tertiary alicyclic amines) is 1. The number of carbonyl (C=O) groups excluding carboxylic acids is 2. The molecule has 7 heteroatoms. The molecule has 3 saturated heterocycles. The first kappa shape index (κ1) is 21.4. The van der Waals surface area contributed by atoms with Crippen molar-refractivity contribution in [3.05, 3.63) is 0 Å². The van der Waals surface area contributed by atoms with E-state index in [1.165, 1.54) is 0 Å². The van der Waals surface area contributed by atoms with Gasteiger partial charge in [-0.1, -0.05) is 0 Å². The highest BCUT2D eigenvalue weighted by Crippen LogP contribution is 2.35. The molecule has 0 aromatic rings. The molecule has 3 atom stereocenters. The number of amides is 3. The first-order valence-corrected chi connectivity index (χ1v) is 10.9. The fraction of sp³-hybridized carbons (Fsp3) is 0.905. The van der Waals surface area contributed by atoms with Crippen molar-refractivity contribution in [3.8, 4) is 0 Å². The number of hydrogen-bond donors (Lipinski definition) is 0. The second-order valence-corrected chi connectivity index (χ2v) is 9.52. The highest BCUT2D eigenvalue weighted by molar-refractivity contribution is 5.83. The van der Waals surface area contributed by atoms with E-state index in [4.69, 9.17) is 4.74 Å². The maximum Gasteiger partial charge on any atom is 0.320 e. The third kappa shape index (κ3) is 4.01. The van der Waals surface area contributed by atoms with Crippen LogP contribution >= 0.6 is 0 Å². The van der Waals surface area contributed by atoms with Crippen LogP contribution in [0.1, 0.15) is 48.0 Å². The number of morpholine rings is 1. The number of hydrogen-bond acceptors (Lipinski definition) is 4. The average molecular weight is 395 g/mol. The summed E-state index contributed by atoms with van der Waals surface area (Å²) in [7, 11) is 0. The molecule has 0 radical (unpaired) electrons. The molecule has 3 aliphatic heterocycles. The van der Waals surface area contributed by atoms with Crippen molar-refractivity contribution < 1.29 is 14.3 Å². The van der Waals surface area contributed by atoms with E-state index >= 15 is 0 Å². The maximum atomic E-state index is 13.3. The van der Waals surface area contributed by atoms with Gasteiger partial charge in [-0.25, -0.2) is 4.79 Å². The van der Waals surface area contributed by atoms with Crippen LogP contribution in [-0.4, -0.2) is 101 Å². The molecule has 0 aromatic heterocycles. The minimum Gasteiger partial charge on any atom is -0.376 e. The van der Waals surface area contributed by atoms with Gasteiger partial charge >= 0.3 is 6.03 Å². The lowest BCUT2D eigenvalue weighted by Gasteiger charge is -2.45. The quantitative estimate of drug-likeness (QED) is 0.690. The Labute approximate surface area is 169 Å². The van der Waals surface area contributed by atoms with Gasteiger partial charge in [0.05, 0.1) is 18.6 Å². The summed E-state index contributed by atoms with van der Waals surface area (Å²) in [5.74, 6) is 0.241. The summed E-state index contributed by atoms with van der Waals surface area (Å²) in [6.07, 6.45) is 1.10. The fourth-order valence-electron chi connectivity index (χ4n) is 5.02. The lowest BCUT2D eigenvalue weighted by Crippen LogP contribution is -2.57. The van der Waals surface area contributed by atoms with Gasteiger partial charge in [-0.05, 0) is 48.0 Å². The monoisotopic (exact) mass is 394 g/mol. The first-order chi connectivity index (χ1) is 13.1. The predicted molar refractivity (Wildman–Crippen MR) is 109 cm³/mol. The molecule has 3 heterocycles. The van der Waals surface area contributed by atoms with E-state index in [2.05, 4.69) is 32.6 Å². The zero-order valence-electron chi connectivity index (χ0n) is 18.5. The molecule has 3 rings (SSSR count). The van der Waals surface area contributed by atoms with Gasteiger partial charge < -0.3 is 19.4 Å². The van der Waals surface area contributed by atoms with E-state index in [-0.39, 0.29) is 41.6 Å².